The Hall–Kier alpha value is -2.17. The van der Waals surface area contributed by atoms with Crippen LogP contribution < -0.4 is 15.6 Å². The van der Waals surface area contributed by atoms with Gasteiger partial charge in [-0.3, -0.25) is 19.7 Å². The maximum atomic E-state index is 12.2. The molecule has 0 aromatic carbocycles. The fourth-order valence-corrected chi connectivity index (χ4v) is 5.34. The van der Waals surface area contributed by atoms with Gasteiger partial charge in [0, 0.05) is 52.0 Å². The number of fused-ring (bicyclic) bond motifs is 2. The minimum atomic E-state index is -0.0608. The van der Waals surface area contributed by atoms with Crippen LogP contribution in [0.2, 0.25) is 5.02 Å². The lowest BCUT2D eigenvalue weighted by atomic mass is 10.1. The van der Waals surface area contributed by atoms with E-state index in [1.165, 1.54) is 6.07 Å². The number of pyridine rings is 3. The zero-order valence-corrected chi connectivity index (χ0v) is 20.0. The van der Waals surface area contributed by atoms with Gasteiger partial charge in [0.05, 0.1) is 45.6 Å². The van der Waals surface area contributed by atoms with Gasteiger partial charge in [0.25, 0.3) is 5.56 Å². The summed E-state index contributed by atoms with van der Waals surface area (Å²) in [5.74, 6) is 1.54. The standard InChI is InChI=1S/C23H26ClN5O3S/c1-28-22(30)3-2-19-23(28)17(18(24)11-27-19)4-5-29-6-7-31-16(13-29)10-25-9-15-8-21-20(12-26-15)32-14-33-21/h2-3,8,11-12,16,25H,4-7,9-10,13-14H2,1H3/t16-/m0/s1. The summed E-state index contributed by atoms with van der Waals surface area (Å²) in [5, 5.41) is 4.07. The summed E-state index contributed by atoms with van der Waals surface area (Å²) >= 11 is 8.19. The monoisotopic (exact) mass is 487 g/mol. The lowest BCUT2D eigenvalue weighted by Crippen LogP contribution is -2.47. The Morgan fingerprint density at radius 2 is 2.21 bits per heavy atom. The third-order valence-corrected chi connectivity index (χ3v) is 7.27. The van der Waals surface area contributed by atoms with Crippen molar-refractivity contribution < 1.29 is 9.47 Å². The number of morpholine rings is 1. The molecule has 1 atom stereocenters. The molecule has 174 valence electrons. The summed E-state index contributed by atoms with van der Waals surface area (Å²) in [5.41, 5.74) is 3.50. The number of nitrogens with one attached hydrogen (secondary N) is 1. The predicted octanol–water partition coefficient (Wildman–Crippen LogP) is 2.46. The van der Waals surface area contributed by atoms with Gasteiger partial charge >= 0.3 is 0 Å². The highest BCUT2D eigenvalue weighted by atomic mass is 35.5. The van der Waals surface area contributed by atoms with E-state index < -0.39 is 0 Å². The van der Waals surface area contributed by atoms with Crippen molar-refractivity contribution in [2.24, 2.45) is 7.05 Å². The minimum Gasteiger partial charge on any atom is -0.480 e. The molecule has 8 nitrogen and oxygen atoms in total. The second kappa shape index (κ2) is 9.99. The molecule has 5 heterocycles. The van der Waals surface area contributed by atoms with Crippen molar-refractivity contribution in [1.82, 2.24) is 24.8 Å². The average molecular weight is 488 g/mol. The first kappa shape index (κ1) is 22.6. The molecule has 0 aliphatic carbocycles. The van der Waals surface area contributed by atoms with E-state index in [4.69, 9.17) is 21.1 Å². The molecule has 10 heteroatoms. The fourth-order valence-electron chi connectivity index (χ4n) is 4.32. The topological polar surface area (TPSA) is 81.5 Å². The quantitative estimate of drug-likeness (QED) is 0.544. The molecule has 3 aromatic rings. The normalized spacial score (nSPS) is 18.4. The van der Waals surface area contributed by atoms with Crippen LogP contribution in [0.5, 0.6) is 5.75 Å². The highest BCUT2D eigenvalue weighted by molar-refractivity contribution is 7.99. The number of aromatic nitrogens is 3. The molecule has 2 aliphatic rings. The van der Waals surface area contributed by atoms with E-state index in [0.717, 1.165) is 65.5 Å². The number of hydrogen-bond acceptors (Lipinski definition) is 8. The maximum absolute atomic E-state index is 12.2. The van der Waals surface area contributed by atoms with Crippen LogP contribution in [-0.4, -0.2) is 64.3 Å². The maximum Gasteiger partial charge on any atom is 0.250 e. The van der Waals surface area contributed by atoms with E-state index in [-0.39, 0.29) is 11.7 Å². The third kappa shape index (κ3) is 5.02. The first-order valence-electron chi connectivity index (χ1n) is 11.0. The van der Waals surface area contributed by atoms with Crippen LogP contribution >= 0.6 is 23.4 Å². The number of halogens is 1. The van der Waals surface area contributed by atoms with E-state index in [2.05, 4.69) is 26.3 Å². The van der Waals surface area contributed by atoms with E-state index in [1.54, 1.807) is 41.8 Å². The SMILES string of the molecule is Cn1c(=O)ccc2ncc(Cl)c(CCN3CCO[C@@H](CNCc4cc5c(cn4)OCS5)C3)c21. The van der Waals surface area contributed by atoms with E-state index >= 15 is 0 Å². The molecular formula is C23H26ClN5O3S. The van der Waals surface area contributed by atoms with Crippen molar-refractivity contribution in [3.63, 3.8) is 0 Å². The third-order valence-electron chi connectivity index (χ3n) is 6.08. The van der Waals surface area contributed by atoms with E-state index in [9.17, 15) is 4.79 Å². The van der Waals surface area contributed by atoms with Crippen molar-refractivity contribution in [1.29, 1.82) is 0 Å². The summed E-state index contributed by atoms with van der Waals surface area (Å²) in [6, 6.07) is 5.39. The number of nitrogens with zero attached hydrogens (tertiary/aromatic N) is 4. The first-order valence-corrected chi connectivity index (χ1v) is 12.4. The molecule has 0 amide bonds. The molecule has 0 unspecified atom stereocenters. The molecule has 5 rings (SSSR count). The second-order valence-corrected chi connectivity index (χ2v) is 9.62. The Bertz CT molecular complexity index is 1220. The largest absolute Gasteiger partial charge is 0.480 e. The van der Waals surface area contributed by atoms with Gasteiger partial charge in [-0.05, 0) is 24.1 Å². The molecular weight excluding hydrogens is 462 g/mol. The Morgan fingerprint density at radius 3 is 3.12 bits per heavy atom. The van der Waals surface area contributed by atoms with Crippen molar-refractivity contribution in [2.45, 2.75) is 24.0 Å². The minimum absolute atomic E-state index is 0.0608. The van der Waals surface area contributed by atoms with Crippen LogP contribution in [0, 0.1) is 0 Å². The van der Waals surface area contributed by atoms with E-state index in [0.29, 0.717) is 24.1 Å². The highest BCUT2D eigenvalue weighted by Crippen LogP contribution is 2.35. The lowest BCUT2D eigenvalue weighted by molar-refractivity contribution is -0.0267. The van der Waals surface area contributed by atoms with Gasteiger partial charge in [0.1, 0.15) is 5.94 Å². The van der Waals surface area contributed by atoms with Crippen molar-refractivity contribution >= 4 is 34.4 Å². The molecule has 33 heavy (non-hydrogen) atoms. The van der Waals surface area contributed by atoms with Gasteiger partial charge in [0.2, 0.25) is 0 Å². The van der Waals surface area contributed by atoms with Crippen LogP contribution in [0.3, 0.4) is 0 Å². The van der Waals surface area contributed by atoms with Gasteiger partial charge < -0.3 is 19.4 Å². The molecule has 1 fully saturated rings. The highest BCUT2D eigenvalue weighted by Gasteiger charge is 2.21. The van der Waals surface area contributed by atoms with Crippen LogP contribution in [-0.2, 0) is 24.8 Å². The predicted molar refractivity (Wildman–Crippen MR) is 129 cm³/mol. The molecule has 3 aromatic heterocycles. The second-order valence-electron chi connectivity index (χ2n) is 8.25. The molecule has 0 bridgehead atoms. The Balaban J connectivity index is 1.17. The van der Waals surface area contributed by atoms with Gasteiger partial charge in [-0.2, -0.15) is 0 Å². The molecule has 2 aliphatic heterocycles. The van der Waals surface area contributed by atoms with Crippen molar-refractivity contribution in [3.05, 3.63) is 57.2 Å². The average Bonchev–Trinajstić information content (AvgIpc) is 3.29. The molecule has 1 saturated heterocycles. The first-order chi connectivity index (χ1) is 16.1. The zero-order valence-electron chi connectivity index (χ0n) is 18.4. The van der Waals surface area contributed by atoms with Crippen LogP contribution in [0.4, 0.5) is 0 Å². The van der Waals surface area contributed by atoms with E-state index in [1.807, 2.05) is 0 Å². The smallest absolute Gasteiger partial charge is 0.250 e. The summed E-state index contributed by atoms with van der Waals surface area (Å²) in [6.07, 6.45) is 4.33. The van der Waals surface area contributed by atoms with Crippen molar-refractivity contribution in [3.8, 4) is 5.75 Å². The lowest BCUT2D eigenvalue weighted by Gasteiger charge is -2.33. The molecule has 0 radical (unpaired) electrons. The molecule has 0 saturated carbocycles. The Kier molecular flexibility index (Phi) is 6.84. The number of rotatable bonds is 7. The number of aryl methyl sites for hydroxylation is 1. The van der Waals surface area contributed by atoms with Crippen LogP contribution in [0.1, 0.15) is 11.3 Å². The summed E-state index contributed by atoms with van der Waals surface area (Å²) < 4.78 is 13.1. The summed E-state index contributed by atoms with van der Waals surface area (Å²) in [4.78, 5) is 24.5. The molecule has 1 N–H and O–H groups in total. The number of hydrogen-bond donors (Lipinski definition) is 1. The number of thioether (sulfide) groups is 1. The summed E-state index contributed by atoms with van der Waals surface area (Å²) in [7, 11) is 1.77. The van der Waals surface area contributed by atoms with Gasteiger partial charge in [0.15, 0.2) is 5.75 Å². The van der Waals surface area contributed by atoms with Gasteiger partial charge in [-0.25, -0.2) is 0 Å². The van der Waals surface area contributed by atoms with Gasteiger partial charge in [-0.15, -0.1) is 0 Å². The van der Waals surface area contributed by atoms with Crippen LogP contribution in [0.25, 0.3) is 11.0 Å². The van der Waals surface area contributed by atoms with Gasteiger partial charge in [-0.1, -0.05) is 23.4 Å². The van der Waals surface area contributed by atoms with Crippen molar-refractivity contribution in [2.75, 3.05) is 38.7 Å². The number of ether oxygens (including phenoxy) is 2. The zero-order chi connectivity index (χ0) is 22.8. The Morgan fingerprint density at radius 1 is 1.30 bits per heavy atom. The fraction of sp³-hybridized carbons (Fsp3) is 0.435. The van der Waals surface area contributed by atoms with Crippen LogP contribution in [0.15, 0.2) is 40.3 Å². The summed E-state index contributed by atoms with van der Waals surface area (Å²) in [6.45, 7) is 4.70. The Labute approximate surface area is 201 Å². The molecule has 0 spiro atoms.